The number of aromatic carboxylic acids is 1. The molecule has 0 aromatic heterocycles. The molecule has 0 bridgehead atoms. The Labute approximate surface area is 196 Å². The van der Waals surface area contributed by atoms with Crippen LogP contribution in [0.1, 0.15) is 24.2 Å². The molecule has 34 heavy (non-hydrogen) atoms. The Morgan fingerprint density at radius 1 is 1.03 bits per heavy atom. The van der Waals surface area contributed by atoms with Crippen molar-refractivity contribution in [2.24, 2.45) is 0 Å². The highest BCUT2D eigenvalue weighted by Crippen LogP contribution is 2.31. The number of halogens is 2. The summed E-state index contributed by atoms with van der Waals surface area (Å²) in [6.45, 7) is 5.96. The molecule has 12 heteroatoms. The van der Waals surface area contributed by atoms with Gasteiger partial charge >= 0.3 is 5.97 Å². The van der Waals surface area contributed by atoms with Crippen molar-refractivity contribution in [3.63, 3.8) is 0 Å². The zero-order chi connectivity index (χ0) is 25.0. The van der Waals surface area contributed by atoms with Gasteiger partial charge in [-0.15, -0.1) is 0 Å². The number of rotatable bonds is 8. The summed E-state index contributed by atoms with van der Waals surface area (Å²) in [6, 6.07) is 6.24. The number of amides is 1. The van der Waals surface area contributed by atoms with Crippen LogP contribution in [0.2, 0.25) is 0 Å². The minimum Gasteiger partial charge on any atom is -0.478 e. The Morgan fingerprint density at radius 2 is 1.71 bits per heavy atom. The van der Waals surface area contributed by atoms with Crippen LogP contribution >= 0.6 is 0 Å². The van der Waals surface area contributed by atoms with Crippen molar-refractivity contribution in [2.75, 3.05) is 42.3 Å². The van der Waals surface area contributed by atoms with Gasteiger partial charge in [0.15, 0.2) is 11.6 Å². The largest absolute Gasteiger partial charge is 0.478 e. The quantitative estimate of drug-likeness (QED) is 0.512. The van der Waals surface area contributed by atoms with E-state index < -0.39 is 32.5 Å². The average Bonchev–Trinajstić information content (AvgIpc) is 2.75. The highest BCUT2D eigenvalue weighted by Gasteiger charge is 2.24. The Kier molecular flexibility index (Phi) is 7.72. The molecule has 1 aliphatic rings. The summed E-state index contributed by atoms with van der Waals surface area (Å²) in [7, 11) is -4.33. The lowest BCUT2D eigenvalue weighted by atomic mass is 10.1. The SMILES string of the molecule is CC(C)NC(=O)CN1CCN(c2ccc(C(=O)O)cc2NS(=O)(=O)c2ccc(F)c(F)c2)CC1. The predicted molar refractivity (Wildman–Crippen MR) is 122 cm³/mol. The summed E-state index contributed by atoms with van der Waals surface area (Å²) < 4.78 is 54.8. The van der Waals surface area contributed by atoms with E-state index in [1.54, 1.807) is 0 Å². The van der Waals surface area contributed by atoms with E-state index in [0.717, 1.165) is 6.07 Å². The van der Waals surface area contributed by atoms with Gasteiger partial charge in [0.2, 0.25) is 5.91 Å². The number of carboxylic acids is 1. The van der Waals surface area contributed by atoms with Crippen LogP contribution in [0.15, 0.2) is 41.3 Å². The van der Waals surface area contributed by atoms with Crippen molar-refractivity contribution >= 4 is 33.3 Å². The molecule has 0 unspecified atom stereocenters. The molecular formula is C22H26F2N4O5S. The van der Waals surface area contributed by atoms with E-state index in [-0.39, 0.29) is 29.7 Å². The molecule has 1 saturated heterocycles. The van der Waals surface area contributed by atoms with Gasteiger partial charge in [0.1, 0.15) is 0 Å². The highest BCUT2D eigenvalue weighted by molar-refractivity contribution is 7.92. The third-order valence-electron chi connectivity index (χ3n) is 5.22. The molecule has 3 rings (SSSR count). The lowest BCUT2D eigenvalue weighted by Gasteiger charge is -2.36. The van der Waals surface area contributed by atoms with Crippen LogP contribution in [0, 0.1) is 11.6 Å². The number of hydrogen-bond donors (Lipinski definition) is 3. The molecule has 0 saturated carbocycles. The van der Waals surface area contributed by atoms with E-state index in [4.69, 9.17) is 0 Å². The maximum Gasteiger partial charge on any atom is 0.335 e. The maximum absolute atomic E-state index is 13.6. The molecule has 0 radical (unpaired) electrons. The number of anilines is 2. The minimum atomic E-state index is -4.33. The van der Waals surface area contributed by atoms with Gasteiger partial charge in [-0.05, 0) is 50.2 Å². The maximum atomic E-state index is 13.6. The number of piperazine rings is 1. The molecule has 9 nitrogen and oxygen atoms in total. The van der Waals surface area contributed by atoms with Crippen molar-refractivity contribution in [1.82, 2.24) is 10.2 Å². The second-order valence-corrected chi connectivity index (χ2v) is 9.89. The van der Waals surface area contributed by atoms with Gasteiger partial charge in [0.25, 0.3) is 10.0 Å². The number of carboxylic acid groups (broad SMARTS) is 1. The van der Waals surface area contributed by atoms with Crippen LogP contribution in [0.3, 0.4) is 0 Å². The second kappa shape index (κ2) is 10.3. The van der Waals surface area contributed by atoms with Gasteiger partial charge in [-0.1, -0.05) is 0 Å². The van der Waals surface area contributed by atoms with Gasteiger partial charge < -0.3 is 15.3 Å². The first-order valence-electron chi connectivity index (χ1n) is 10.6. The zero-order valence-electron chi connectivity index (χ0n) is 18.7. The molecule has 0 aliphatic carbocycles. The number of carbonyl (C=O) groups excluding carboxylic acids is 1. The first-order chi connectivity index (χ1) is 16.0. The summed E-state index contributed by atoms with van der Waals surface area (Å²) in [4.78, 5) is 26.8. The second-order valence-electron chi connectivity index (χ2n) is 8.20. The van der Waals surface area contributed by atoms with Crippen LogP contribution in [-0.2, 0) is 14.8 Å². The first kappa shape index (κ1) is 25.4. The fourth-order valence-electron chi connectivity index (χ4n) is 3.59. The van der Waals surface area contributed by atoms with Crippen LogP contribution in [-0.4, -0.2) is 69.1 Å². The summed E-state index contributed by atoms with van der Waals surface area (Å²) in [5.74, 6) is -3.84. The number of nitrogens with one attached hydrogen (secondary N) is 2. The molecule has 184 valence electrons. The van der Waals surface area contributed by atoms with E-state index in [9.17, 15) is 31.9 Å². The topological polar surface area (TPSA) is 119 Å². The van der Waals surface area contributed by atoms with Gasteiger partial charge in [-0.3, -0.25) is 14.4 Å². The summed E-state index contributed by atoms with van der Waals surface area (Å²) in [6.07, 6.45) is 0. The average molecular weight is 497 g/mol. The van der Waals surface area contributed by atoms with Crippen LogP contribution in [0.5, 0.6) is 0 Å². The molecule has 1 amide bonds. The van der Waals surface area contributed by atoms with E-state index in [0.29, 0.717) is 44.0 Å². The van der Waals surface area contributed by atoms with Crippen LogP contribution < -0.4 is 14.9 Å². The Balaban J connectivity index is 1.82. The monoisotopic (exact) mass is 496 g/mol. The molecule has 3 N–H and O–H groups in total. The van der Waals surface area contributed by atoms with Crippen molar-refractivity contribution in [3.8, 4) is 0 Å². The number of benzene rings is 2. The summed E-state index contributed by atoms with van der Waals surface area (Å²) >= 11 is 0. The molecule has 0 atom stereocenters. The zero-order valence-corrected chi connectivity index (χ0v) is 19.5. The Morgan fingerprint density at radius 3 is 2.29 bits per heavy atom. The third-order valence-corrected chi connectivity index (χ3v) is 6.58. The summed E-state index contributed by atoms with van der Waals surface area (Å²) in [5.41, 5.74) is 0.286. The van der Waals surface area contributed by atoms with Gasteiger partial charge in [0, 0.05) is 32.2 Å². The van der Waals surface area contributed by atoms with E-state index in [1.165, 1.54) is 18.2 Å². The fraction of sp³-hybridized carbons (Fsp3) is 0.364. The van der Waals surface area contributed by atoms with Crippen molar-refractivity contribution in [1.29, 1.82) is 0 Å². The molecule has 1 fully saturated rings. The minimum absolute atomic E-state index is 0.00404. The van der Waals surface area contributed by atoms with Gasteiger partial charge in [-0.2, -0.15) is 0 Å². The number of carbonyl (C=O) groups is 2. The normalized spacial score (nSPS) is 14.8. The van der Waals surface area contributed by atoms with Crippen molar-refractivity contribution in [2.45, 2.75) is 24.8 Å². The third kappa shape index (κ3) is 6.20. The Bertz CT molecular complexity index is 1180. The Hall–Kier alpha value is -3.25. The molecule has 0 spiro atoms. The lowest BCUT2D eigenvalue weighted by molar-refractivity contribution is -0.122. The molecular weight excluding hydrogens is 470 g/mol. The van der Waals surface area contributed by atoms with E-state index in [2.05, 4.69) is 10.0 Å². The van der Waals surface area contributed by atoms with Crippen LogP contribution in [0.25, 0.3) is 0 Å². The van der Waals surface area contributed by atoms with Gasteiger partial charge in [0.05, 0.1) is 28.4 Å². The highest BCUT2D eigenvalue weighted by atomic mass is 32.2. The molecule has 1 aliphatic heterocycles. The molecule has 1 heterocycles. The number of nitrogens with zero attached hydrogens (tertiary/aromatic N) is 2. The van der Waals surface area contributed by atoms with Gasteiger partial charge in [-0.25, -0.2) is 22.0 Å². The predicted octanol–water partition coefficient (Wildman–Crippen LogP) is 2.11. The van der Waals surface area contributed by atoms with E-state index in [1.807, 2.05) is 23.6 Å². The smallest absolute Gasteiger partial charge is 0.335 e. The number of hydrogen-bond acceptors (Lipinski definition) is 6. The first-order valence-corrected chi connectivity index (χ1v) is 12.1. The fourth-order valence-corrected chi connectivity index (χ4v) is 4.67. The standard InChI is InChI=1S/C22H26F2N4O5S/c1-14(2)25-21(29)13-27-7-9-28(10-8-27)20-6-3-15(22(30)31)11-19(20)26-34(32,33)16-4-5-17(23)18(24)12-16/h3-6,11-12,14,26H,7-10,13H2,1-2H3,(H,25,29)(H,30,31). The van der Waals surface area contributed by atoms with Crippen molar-refractivity contribution < 1.29 is 31.9 Å². The van der Waals surface area contributed by atoms with Crippen LogP contribution in [0.4, 0.5) is 20.2 Å². The summed E-state index contributed by atoms with van der Waals surface area (Å²) in [5, 5.41) is 12.2. The van der Waals surface area contributed by atoms with Crippen molar-refractivity contribution in [3.05, 3.63) is 53.6 Å². The number of sulfonamides is 1. The van der Waals surface area contributed by atoms with E-state index >= 15 is 0 Å². The molecule has 2 aromatic carbocycles. The molecule has 2 aromatic rings. The lowest BCUT2D eigenvalue weighted by Crippen LogP contribution is -2.50.